The van der Waals surface area contributed by atoms with Gasteiger partial charge in [-0.3, -0.25) is 19.1 Å². The molecule has 2 amide bonds. The highest BCUT2D eigenvalue weighted by Gasteiger charge is 2.33. The number of aryl methyl sites for hydroxylation is 1. The van der Waals surface area contributed by atoms with E-state index in [0.717, 1.165) is 5.56 Å². The Morgan fingerprint density at radius 2 is 2.12 bits per heavy atom. The SMILES string of the molecule is Cc1cc(N2C[C@H](CNC(=O)c3ccc(Cl)s3)OC2=O)ccc1-n1cccc(OCCO)c1=O. The number of benzene rings is 1. The minimum atomic E-state index is -0.512. The van der Waals surface area contributed by atoms with E-state index in [0.29, 0.717) is 20.6 Å². The summed E-state index contributed by atoms with van der Waals surface area (Å²) in [7, 11) is 0. The number of aliphatic hydroxyl groups excluding tert-OH is 1. The van der Waals surface area contributed by atoms with E-state index in [1.807, 2.05) is 6.92 Å². The predicted octanol–water partition coefficient (Wildman–Crippen LogP) is 2.99. The molecule has 0 aliphatic carbocycles. The minimum absolute atomic E-state index is 0.0247. The van der Waals surface area contributed by atoms with Gasteiger partial charge in [0.2, 0.25) is 0 Å². The van der Waals surface area contributed by atoms with E-state index in [1.54, 1.807) is 48.7 Å². The summed E-state index contributed by atoms with van der Waals surface area (Å²) < 4.78 is 12.7. The number of halogens is 1. The van der Waals surface area contributed by atoms with Crippen molar-refractivity contribution in [1.29, 1.82) is 0 Å². The molecule has 1 aliphatic heterocycles. The lowest BCUT2D eigenvalue weighted by Crippen LogP contribution is -2.34. The van der Waals surface area contributed by atoms with Crippen LogP contribution in [0, 0.1) is 6.92 Å². The Bertz CT molecular complexity index is 1270. The smallest absolute Gasteiger partial charge is 0.414 e. The van der Waals surface area contributed by atoms with Crippen molar-refractivity contribution in [3.63, 3.8) is 0 Å². The number of nitrogens with zero attached hydrogens (tertiary/aromatic N) is 2. The zero-order valence-corrected chi connectivity index (χ0v) is 19.8. The van der Waals surface area contributed by atoms with E-state index >= 15 is 0 Å². The second kappa shape index (κ2) is 10.3. The lowest BCUT2D eigenvalue weighted by atomic mass is 10.1. The van der Waals surface area contributed by atoms with Crippen molar-refractivity contribution in [3.05, 3.63) is 73.8 Å². The number of pyridine rings is 1. The van der Waals surface area contributed by atoms with Crippen molar-refractivity contribution >= 4 is 40.6 Å². The van der Waals surface area contributed by atoms with Crippen molar-refractivity contribution in [3.8, 4) is 11.4 Å². The van der Waals surface area contributed by atoms with Crippen LogP contribution in [0.2, 0.25) is 4.34 Å². The monoisotopic (exact) mass is 503 g/mol. The number of ether oxygens (including phenoxy) is 2. The zero-order chi connectivity index (χ0) is 24.2. The van der Waals surface area contributed by atoms with Gasteiger partial charge in [-0.1, -0.05) is 11.6 Å². The van der Waals surface area contributed by atoms with Crippen LogP contribution in [0.4, 0.5) is 10.5 Å². The van der Waals surface area contributed by atoms with Crippen LogP contribution >= 0.6 is 22.9 Å². The third-order valence-electron chi connectivity index (χ3n) is 5.17. The molecule has 9 nitrogen and oxygen atoms in total. The first-order chi connectivity index (χ1) is 16.4. The molecule has 3 aromatic rings. The molecule has 178 valence electrons. The Morgan fingerprint density at radius 3 is 2.82 bits per heavy atom. The van der Waals surface area contributed by atoms with Gasteiger partial charge in [0.05, 0.1) is 34.6 Å². The maximum Gasteiger partial charge on any atom is 0.414 e. The van der Waals surface area contributed by atoms with Crippen molar-refractivity contribution in [2.24, 2.45) is 0 Å². The Morgan fingerprint density at radius 1 is 1.29 bits per heavy atom. The summed E-state index contributed by atoms with van der Waals surface area (Å²) in [6.45, 7) is 2.10. The molecule has 0 saturated carbocycles. The van der Waals surface area contributed by atoms with Crippen LogP contribution < -0.4 is 20.5 Å². The normalized spacial score (nSPS) is 15.3. The number of cyclic esters (lactones) is 1. The van der Waals surface area contributed by atoms with Crippen LogP contribution in [0.3, 0.4) is 0 Å². The van der Waals surface area contributed by atoms with Gasteiger partial charge in [-0.15, -0.1) is 11.3 Å². The third kappa shape index (κ3) is 5.09. The molecule has 34 heavy (non-hydrogen) atoms. The van der Waals surface area contributed by atoms with Gasteiger partial charge in [0, 0.05) is 11.9 Å². The van der Waals surface area contributed by atoms with Gasteiger partial charge >= 0.3 is 6.09 Å². The number of anilines is 1. The minimum Gasteiger partial charge on any atom is -0.485 e. The highest BCUT2D eigenvalue weighted by Crippen LogP contribution is 2.26. The summed E-state index contributed by atoms with van der Waals surface area (Å²) in [6, 6.07) is 11.8. The number of aromatic nitrogens is 1. The molecule has 3 heterocycles. The van der Waals surface area contributed by atoms with E-state index in [9.17, 15) is 14.4 Å². The number of aliphatic hydroxyl groups is 1. The van der Waals surface area contributed by atoms with Gasteiger partial charge in [0.15, 0.2) is 5.75 Å². The van der Waals surface area contributed by atoms with Crippen molar-refractivity contribution in [2.45, 2.75) is 13.0 Å². The Balaban J connectivity index is 1.45. The maximum absolute atomic E-state index is 12.7. The van der Waals surface area contributed by atoms with Gasteiger partial charge in [0.25, 0.3) is 11.5 Å². The largest absolute Gasteiger partial charge is 0.485 e. The topological polar surface area (TPSA) is 110 Å². The Hall–Kier alpha value is -3.34. The van der Waals surface area contributed by atoms with Crippen LogP contribution in [0.1, 0.15) is 15.2 Å². The molecule has 0 radical (unpaired) electrons. The molecule has 1 fully saturated rings. The third-order valence-corrected chi connectivity index (χ3v) is 6.40. The first kappa shape index (κ1) is 23.8. The fraction of sp³-hybridized carbons (Fsp3) is 0.261. The van der Waals surface area contributed by atoms with Crippen LogP contribution in [-0.2, 0) is 4.74 Å². The number of carbonyl (C=O) groups is 2. The molecule has 11 heteroatoms. The number of carbonyl (C=O) groups excluding carboxylic acids is 2. The predicted molar refractivity (Wildman–Crippen MR) is 129 cm³/mol. The molecule has 0 bridgehead atoms. The molecule has 0 unspecified atom stereocenters. The van der Waals surface area contributed by atoms with E-state index in [-0.39, 0.29) is 43.5 Å². The number of rotatable bonds is 8. The molecular weight excluding hydrogens is 482 g/mol. The van der Waals surface area contributed by atoms with E-state index in [4.69, 9.17) is 26.2 Å². The van der Waals surface area contributed by atoms with Crippen LogP contribution in [0.25, 0.3) is 5.69 Å². The van der Waals surface area contributed by atoms with Crippen molar-refractivity contribution in [1.82, 2.24) is 9.88 Å². The first-order valence-corrected chi connectivity index (χ1v) is 11.6. The standard InChI is InChI=1S/C23H22ClN3O6S/c1-14-11-15(4-5-17(14)26-8-2-3-18(22(26)30)32-10-9-28)27-13-16(33-23(27)31)12-25-21(29)19-6-7-20(24)34-19/h2-8,11,16,28H,9-10,12-13H2,1H3,(H,25,29)/t16-/m0/s1. The number of nitrogens with one attached hydrogen (secondary N) is 1. The van der Waals surface area contributed by atoms with Gasteiger partial charge in [-0.05, 0) is 55.0 Å². The van der Waals surface area contributed by atoms with Crippen LogP contribution in [0.5, 0.6) is 5.75 Å². The fourth-order valence-corrected chi connectivity index (χ4v) is 4.54. The van der Waals surface area contributed by atoms with Gasteiger partial charge in [0.1, 0.15) is 12.7 Å². The Labute approximate surface area is 204 Å². The summed E-state index contributed by atoms with van der Waals surface area (Å²) in [6.07, 6.45) is 0.608. The van der Waals surface area contributed by atoms with E-state index < -0.39 is 12.2 Å². The number of amides is 2. The molecule has 1 atom stereocenters. The molecule has 1 saturated heterocycles. The van der Waals surface area contributed by atoms with Crippen LogP contribution in [0.15, 0.2) is 53.5 Å². The zero-order valence-electron chi connectivity index (χ0n) is 18.2. The number of hydrogen-bond donors (Lipinski definition) is 2. The Kier molecular flexibility index (Phi) is 7.20. The lowest BCUT2D eigenvalue weighted by molar-refractivity contribution is 0.0920. The van der Waals surface area contributed by atoms with Crippen molar-refractivity contribution < 1.29 is 24.2 Å². The highest BCUT2D eigenvalue weighted by molar-refractivity contribution is 7.18. The van der Waals surface area contributed by atoms with Gasteiger partial charge in [-0.25, -0.2) is 4.79 Å². The van der Waals surface area contributed by atoms with E-state index in [1.165, 1.54) is 20.8 Å². The van der Waals surface area contributed by atoms with E-state index in [2.05, 4.69) is 5.32 Å². The van der Waals surface area contributed by atoms with Crippen LogP contribution in [-0.4, -0.2) is 54.1 Å². The molecule has 4 rings (SSSR count). The summed E-state index contributed by atoms with van der Waals surface area (Å²) in [4.78, 5) is 39.4. The molecular formula is C23H22ClN3O6S. The molecule has 2 aromatic heterocycles. The molecule has 1 aliphatic rings. The quantitative estimate of drug-likeness (QED) is 0.489. The summed E-state index contributed by atoms with van der Waals surface area (Å²) >= 11 is 7.04. The summed E-state index contributed by atoms with van der Waals surface area (Å²) in [5.74, 6) is -0.139. The second-order valence-electron chi connectivity index (χ2n) is 7.52. The second-order valence-corrected chi connectivity index (χ2v) is 9.24. The number of thiophene rings is 1. The van der Waals surface area contributed by atoms with Gasteiger partial charge in [-0.2, -0.15) is 0 Å². The van der Waals surface area contributed by atoms with Gasteiger partial charge < -0.3 is 19.9 Å². The average molecular weight is 504 g/mol. The number of hydrogen-bond acceptors (Lipinski definition) is 7. The average Bonchev–Trinajstić information content (AvgIpc) is 3.42. The first-order valence-electron chi connectivity index (χ1n) is 10.5. The summed E-state index contributed by atoms with van der Waals surface area (Å²) in [5, 5.41) is 11.7. The maximum atomic E-state index is 12.7. The fourth-order valence-electron chi connectivity index (χ4n) is 3.58. The lowest BCUT2D eigenvalue weighted by Gasteiger charge is -2.17. The molecule has 1 aromatic carbocycles. The highest BCUT2D eigenvalue weighted by atomic mass is 35.5. The van der Waals surface area contributed by atoms with Crippen molar-refractivity contribution in [2.75, 3.05) is 31.2 Å². The molecule has 2 N–H and O–H groups in total. The molecule has 0 spiro atoms. The summed E-state index contributed by atoms with van der Waals surface area (Å²) in [5.41, 5.74) is 1.66.